The van der Waals surface area contributed by atoms with Crippen LogP contribution in [0.15, 0.2) is 18.3 Å². The zero-order valence-corrected chi connectivity index (χ0v) is 12.7. The minimum Gasteiger partial charge on any atom is -0.481 e. The Labute approximate surface area is 128 Å². The van der Waals surface area contributed by atoms with Crippen LogP contribution in [0.3, 0.4) is 0 Å². The van der Waals surface area contributed by atoms with Gasteiger partial charge in [-0.25, -0.2) is 0 Å². The van der Waals surface area contributed by atoms with Crippen LogP contribution in [0.2, 0.25) is 0 Å². The van der Waals surface area contributed by atoms with Gasteiger partial charge in [-0.05, 0) is 18.6 Å². The van der Waals surface area contributed by atoms with Crippen molar-refractivity contribution in [2.75, 3.05) is 12.4 Å². The van der Waals surface area contributed by atoms with Crippen LogP contribution in [-0.4, -0.2) is 43.7 Å². The summed E-state index contributed by atoms with van der Waals surface area (Å²) in [6, 6.07) is 3.79. The molecule has 0 fully saturated rings. The Kier molecular flexibility index (Phi) is 5.40. The molecule has 8 nitrogen and oxygen atoms in total. The quantitative estimate of drug-likeness (QED) is 0.676. The van der Waals surface area contributed by atoms with Gasteiger partial charge in [0.1, 0.15) is 0 Å². The van der Waals surface area contributed by atoms with Crippen LogP contribution in [0.4, 0.5) is 5.69 Å². The highest BCUT2D eigenvalue weighted by Crippen LogP contribution is 2.29. The summed E-state index contributed by atoms with van der Waals surface area (Å²) in [6.07, 6.45) is 3.51. The molecule has 2 heterocycles. The molecule has 2 atom stereocenters. The highest BCUT2D eigenvalue weighted by atomic mass is 16.4. The van der Waals surface area contributed by atoms with Gasteiger partial charge in [-0.2, -0.15) is 5.21 Å². The van der Waals surface area contributed by atoms with Gasteiger partial charge in [0.15, 0.2) is 5.82 Å². The Morgan fingerprint density at radius 2 is 2.27 bits per heavy atom. The van der Waals surface area contributed by atoms with Crippen molar-refractivity contribution >= 4 is 11.7 Å². The van der Waals surface area contributed by atoms with Crippen molar-refractivity contribution in [2.45, 2.75) is 32.1 Å². The molecule has 0 aromatic carbocycles. The molecule has 0 unspecified atom stereocenters. The fourth-order valence-electron chi connectivity index (χ4n) is 2.47. The maximum absolute atomic E-state index is 11.6. The summed E-state index contributed by atoms with van der Waals surface area (Å²) in [7, 11) is 1.82. The molecule has 3 N–H and O–H groups in total. The lowest BCUT2D eigenvalue weighted by Gasteiger charge is -2.20. The lowest BCUT2D eigenvalue weighted by atomic mass is 9.84. The Hall–Kier alpha value is -2.51. The molecule has 8 heteroatoms. The smallest absolute Gasteiger partial charge is 0.307 e. The number of carboxylic acid groups (broad SMARTS) is 1. The van der Waals surface area contributed by atoms with Gasteiger partial charge >= 0.3 is 5.97 Å². The number of pyridine rings is 1. The van der Waals surface area contributed by atoms with Crippen molar-refractivity contribution < 1.29 is 9.90 Å². The first-order valence-electron chi connectivity index (χ1n) is 7.24. The fourth-order valence-corrected chi connectivity index (χ4v) is 2.47. The number of rotatable bonds is 8. The number of hydrogen-bond donors (Lipinski definition) is 3. The molecule has 0 saturated heterocycles. The van der Waals surface area contributed by atoms with E-state index in [1.165, 1.54) is 0 Å². The molecule has 2 aromatic heterocycles. The molecule has 0 saturated carbocycles. The number of nitrogens with one attached hydrogen (secondary N) is 2. The maximum atomic E-state index is 11.6. The van der Waals surface area contributed by atoms with Crippen LogP contribution < -0.4 is 5.32 Å². The highest BCUT2D eigenvalue weighted by Gasteiger charge is 2.32. The van der Waals surface area contributed by atoms with Crippen molar-refractivity contribution in [1.29, 1.82) is 0 Å². The zero-order valence-electron chi connectivity index (χ0n) is 12.7. The number of carboxylic acids is 1. The first kappa shape index (κ1) is 15.9. The predicted octanol–water partition coefficient (Wildman–Crippen LogP) is 1.46. The van der Waals surface area contributed by atoms with E-state index in [4.69, 9.17) is 0 Å². The van der Waals surface area contributed by atoms with E-state index < -0.39 is 11.9 Å². The standard InChI is InChI=1S/C14H20N6O2/c1-3-4-11(14(21)22)12(13-17-19-20-18-13)7-9-5-6-10(15-2)8-16-9/h5-6,8,11-12,15H,3-4,7H2,1-2H3,(H,21,22)(H,17,18,19,20)/t11-,12-/m0/s1. The molecule has 0 aliphatic carbocycles. The number of aliphatic carboxylic acids is 1. The van der Waals surface area contributed by atoms with Crippen LogP contribution in [0, 0.1) is 5.92 Å². The average molecular weight is 304 g/mol. The van der Waals surface area contributed by atoms with Gasteiger partial charge in [-0.15, -0.1) is 10.2 Å². The third-order valence-corrected chi connectivity index (χ3v) is 3.64. The minimum atomic E-state index is -0.844. The predicted molar refractivity (Wildman–Crippen MR) is 80.4 cm³/mol. The zero-order chi connectivity index (χ0) is 15.9. The van der Waals surface area contributed by atoms with E-state index in [2.05, 4.69) is 30.9 Å². The van der Waals surface area contributed by atoms with Crippen molar-refractivity contribution in [2.24, 2.45) is 5.92 Å². The Bertz CT molecular complexity index is 584. The second-order valence-electron chi connectivity index (χ2n) is 5.10. The molecule has 2 rings (SSSR count). The monoisotopic (exact) mass is 304 g/mol. The first-order valence-corrected chi connectivity index (χ1v) is 7.24. The third kappa shape index (κ3) is 3.78. The number of hydrogen-bond acceptors (Lipinski definition) is 6. The minimum absolute atomic E-state index is 0.357. The van der Waals surface area contributed by atoms with Crippen LogP contribution >= 0.6 is 0 Å². The van der Waals surface area contributed by atoms with Crippen LogP contribution in [-0.2, 0) is 11.2 Å². The molecule has 118 valence electrons. The van der Waals surface area contributed by atoms with Crippen LogP contribution in [0.25, 0.3) is 0 Å². The number of tetrazole rings is 1. The Morgan fingerprint density at radius 1 is 1.45 bits per heavy atom. The van der Waals surface area contributed by atoms with Crippen molar-refractivity contribution in [1.82, 2.24) is 25.6 Å². The highest BCUT2D eigenvalue weighted by molar-refractivity contribution is 5.71. The number of H-pyrrole nitrogens is 1. The molecule has 0 aliphatic rings. The van der Waals surface area contributed by atoms with Gasteiger partial charge in [0.2, 0.25) is 0 Å². The summed E-state index contributed by atoms with van der Waals surface area (Å²) in [5, 5.41) is 26.4. The van der Waals surface area contributed by atoms with Gasteiger partial charge in [0.25, 0.3) is 0 Å². The number of aromatic nitrogens is 5. The summed E-state index contributed by atoms with van der Waals surface area (Å²) in [6.45, 7) is 1.96. The van der Waals surface area contributed by atoms with Crippen molar-refractivity contribution in [3.63, 3.8) is 0 Å². The molecule has 0 aliphatic heterocycles. The van der Waals surface area contributed by atoms with E-state index >= 15 is 0 Å². The number of anilines is 1. The second-order valence-corrected chi connectivity index (χ2v) is 5.10. The topological polar surface area (TPSA) is 117 Å². The lowest BCUT2D eigenvalue weighted by molar-refractivity contribution is -0.143. The fraction of sp³-hybridized carbons (Fsp3) is 0.500. The summed E-state index contributed by atoms with van der Waals surface area (Å²) in [4.78, 5) is 16.0. The van der Waals surface area contributed by atoms with Gasteiger partial charge in [0.05, 0.1) is 17.8 Å². The normalized spacial score (nSPS) is 13.5. The van der Waals surface area contributed by atoms with E-state index in [-0.39, 0.29) is 5.92 Å². The third-order valence-electron chi connectivity index (χ3n) is 3.64. The van der Waals surface area contributed by atoms with Crippen LogP contribution in [0.5, 0.6) is 0 Å². The van der Waals surface area contributed by atoms with E-state index in [1.807, 2.05) is 26.1 Å². The summed E-state index contributed by atoms with van der Waals surface area (Å²) in [5.74, 6) is -1.35. The summed E-state index contributed by atoms with van der Waals surface area (Å²) in [5.41, 5.74) is 1.71. The molecule has 2 aromatic rings. The first-order chi connectivity index (χ1) is 10.7. The number of aromatic amines is 1. The van der Waals surface area contributed by atoms with E-state index in [0.717, 1.165) is 17.8 Å². The summed E-state index contributed by atoms with van der Waals surface area (Å²) >= 11 is 0. The summed E-state index contributed by atoms with van der Waals surface area (Å²) < 4.78 is 0. The molecule has 0 radical (unpaired) electrons. The molecule has 0 bridgehead atoms. The molecule has 0 spiro atoms. The number of nitrogens with zero attached hydrogens (tertiary/aromatic N) is 4. The second kappa shape index (κ2) is 7.48. The van der Waals surface area contributed by atoms with Gasteiger partial charge < -0.3 is 10.4 Å². The van der Waals surface area contributed by atoms with Crippen molar-refractivity contribution in [3.8, 4) is 0 Å². The van der Waals surface area contributed by atoms with Gasteiger partial charge in [-0.1, -0.05) is 18.6 Å². The van der Waals surface area contributed by atoms with Crippen molar-refractivity contribution in [3.05, 3.63) is 29.8 Å². The Morgan fingerprint density at radius 3 is 2.77 bits per heavy atom. The van der Waals surface area contributed by atoms with Gasteiger partial charge in [0, 0.05) is 25.1 Å². The van der Waals surface area contributed by atoms with E-state index in [1.54, 1.807) is 6.20 Å². The van der Waals surface area contributed by atoms with E-state index in [9.17, 15) is 9.90 Å². The number of carbonyl (C=O) groups is 1. The molecule has 22 heavy (non-hydrogen) atoms. The molecule has 0 amide bonds. The molecular formula is C14H20N6O2. The average Bonchev–Trinajstić information content (AvgIpc) is 3.05. The van der Waals surface area contributed by atoms with E-state index in [0.29, 0.717) is 18.7 Å². The lowest BCUT2D eigenvalue weighted by Crippen LogP contribution is -2.25. The Balaban J connectivity index is 2.25. The molecular weight excluding hydrogens is 284 g/mol. The van der Waals surface area contributed by atoms with Gasteiger partial charge in [-0.3, -0.25) is 9.78 Å². The SMILES string of the molecule is CCC[C@H](C(=O)O)[C@H](Cc1ccc(NC)cn1)c1nn[nH]n1. The van der Waals surface area contributed by atoms with Crippen LogP contribution in [0.1, 0.15) is 37.2 Å². The largest absolute Gasteiger partial charge is 0.481 e. The maximum Gasteiger partial charge on any atom is 0.307 e.